The van der Waals surface area contributed by atoms with E-state index in [0.29, 0.717) is 6.04 Å². The van der Waals surface area contributed by atoms with Gasteiger partial charge in [0.05, 0.1) is 5.69 Å². The second kappa shape index (κ2) is 5.28. The maximum Gasteiger partial charge on any atom is 0.321 e. The second-order valence-electron chi connectivity index (χ2n) is 5.07. The zero-order chi connectivity index (χ0) is 12.4. The van der Waals surface area contributed by atoms with E-state index in [0.717, 1.165) is 25.2 Å². The minimum Gasteiger partial charge on any atom is -0.323 e. The molecule has 3 heterocycles. The first-order valence-corrected chi connectivity index (χ1v) is 7.59. The van der Waals surface area contributed by atoms with Gasteiger partial charge < -0.3 is 10.2 Å². The van der Waals surface area contributed by atoms with Crippen molar-refractivity contribution in [3.05, 3.63) is 16.8 Å². The van der Waals surface area contributed by atoms with Crippen LogP contribution in [0.1, 0.15) is 19.3 Å². The van der Waals surface area contributed by atoms with E-state index in [4.69, 9.17) is 0 Å². The normalized spacial score (nSPS) is 24.7. The third-order valence-electron chi connectivity index (χ3n) is 3.88. The molecule has 3 rings (SSSR count). The number of nitrogens with zero attached hydrogens (tertiary/aromatic N) is 2. The summed E-state index contributed by atoms with van der Waals surface area (Å²) in [6.07, 6.45) is 3.76. The Morgan fingerprint density at radius 1 is 1.33 bits per heavy atom. The largest absolute Gasteiger partial charge is 0.323 e. The molecule has 0 bridgehead atoms. The molecule has 2 saturated heterocycles. The average molecular weight is 265 g/mol. The number of urea groups is 1. The summed E-state index contributed by atoms with van der Waals surface area (Å²) in [6.45, 7) is 4.20. The number of likely N-dealkylation sites (tertiary alicyclic amines) is 2. The molecule has 98 valence electrons. The third kappa shape index (κ3) is 2.52. The fourth-order valence-corrected chi connectivity index (χ4v) is 3.46. The highest BCUT2D eigenvalue weighted by molar-refractivity contribution is 7.08. The molecule has 0 aromatic carbocycles. The first-order chi connectivity index (χ1) is 8.83. The molecule has 4 nitrogen and oxygen atoms in total. The minimum atomic E-state index is 0.0510. The Hall–Kier alpha value is -1.07. The minimum absolute atomic E-state index is 0.0510. The summed E-state index contributed by atoms with van der Waals surface area (Å²) < 4.78 is 0. The SMILES string of the molecule is O=C(Nc1ccsc1)N1CCC(N2CCCC2)C1. The number of hydrogen-bond acceptors (Lipinski definition) is 3. The molecule has 1 aromatic heterocycles. The Bertz CT molecular complexity index is 400. The molecular formula is C13H19N3OS. The highest BCUT2D eigenvalue weighted by atomic mass is 32.1. The highest BCUT2D eigenvalue weighted by Crippen LogP contribution is 2.21. The molecule has 1 unspecified atom stereocenters. The molecule has 0 aliphatic carbocycles. The zero-order valence-corrected chi connectivity index (χ0v) is 11.3. The summed E-state index contributed by atoms with van der Waals surface area (Å²) in [5.41, 5.74) is 0.912. The van der Waals surface area contributed by atoms with Crippen LogP contribution in [0.15, 0.2) is 16.8 Å². The van der Waals surface area contributed by atoms with Crippen molar-refractivity contribution in [1.82, 2.24) is 9.80 Å². The number of nitrogens with one attached hydrogen (secondary N) is 1. The lowest BCUT2D eigenvalue weighted by Gasteiger charge is -2.23. The van der Waals surface area contributed by atoms with Crippen LogP contribution in [0.5, 0.6) is 0 Å². The number of anilines is 1. The van der Waals surface area contributed by atoms with Crippen LogP contribution in [-0.4, -0.2) is 48.1 Å². The molecular weight excluding hydrogens is 246 g/mol. The van der Waals surface area contributed by atoms with E-state index in [1.807, 2.05) is 21.7 Å². The Labute approximate surface area is 112 Å². The summed E-state index contributed by atoms with van der Waals surface area (Å²) in [5.74, 6) is 0. The van der Waals surface area contributed by atoms with Crippen LogP contribution in [0, 0.1) is 0 Å². The molecule has 2 aliphatic rings. The average Bonchev–Trinajstić information content (AvgIpc) is 3.11. The fraction of sp³-hybridized carbons (Fsp3) is 0.615. The van der Waals surface area contributed by atoms with Crippen molar-refractivity contribution in [2.45, 2.75) is 25.3 Å². The van der Waals surface area contributed by atoms with E-state index in [1.54, 1.807) is 11.3 Å². The molecule has 18 heavy (non-hydrogen) atoms. The Morgan fingerprint density at radius 3 is 2.89 bits per heavy atom. The summed E-state index contributed by atoms with van der Waals surface area (Å²) in [4.78, 5) is 16.6. The second-order valence-corrected chi connectivity index (χ2v) is 5.85. The highest BCUT2D eigenvalue weighted by Gasteiger charge is 2.31. The number of rotatable bonds is 2. The number of carbonyl (C=O) groups is 1. The van der Waals surface area contributed by atoms with Crippen molar-refractivity contribution in [2.24, 2.45) is 0 Å². The summed E-state index contributed by atoms with van der Waals surface area (Å²) in [5, 5.41) is 6.90. The number of amides is 2. The lowest BCUT2D eigenvalue weighted by molar-refractivity contribution is 0.210. The number of carbonyl (C=O) groups excluding carboxylic acids is 1. The predicted octanol–water partition coefficient (Wildman–Crippen LogP) is 2.45. The van der Waals surface area contributed by atoms with E-state index in [9.17, 15) is 4.79 Å². The molecule has 1 aromatic rings. The molecule has 5 heteroatoms. The number of hydrogen-bond donors (Lipinski definition) is 1. The van der Waals surface area contributed by atoms with Gasteiger partial charge in [-0.15, -0.1) is 0 Å². The Morgan fingerprint density at radius 2 is 2.17 bits per heavy atom. The van der Waals surface area contributed by atoms with Gasteiger partial charge in [-0.05, 0) is 43.8 Å². The monoisotopic (exact) mass is 265 g/mol. The number of thiophene rings is 1. The summed E-state index contributed by atoms with van der Waals surface area (Å²) in [6, 6.07) is 2.58. The van der Waals surface area contributed by atoms with Crippen LogP contribution in [0.2, 0.25) is 0 Å². The molecule has 2 fully saturated rings. The van der Waals surface area contributed by atoms with E-state index < -0.39 is 0 Å². The van der Waals surface area contributed by atoms with Crippen LogP contribution in [-0.2, 0) is 0 Å². The molecule has 0 spiro atoms. The quantitative estimate of drug-likeness (QED) is 0.891. The fourth-order valence-electron chi connectivity index (χ4n) is 2.87. The van der Waals surface area contributed by atoms with Crippen LogP contribution >= 0.6 is 11.3 Å². The molecule has 2 amide bonds. The van der Waals surface area contributed by atoms with Gasteiger partial charge in [-0.2, -0.15) is 11.3 Å². The van der Waals surface area contributed by atoms with Crippen molar-refractivity contribution in [1.29, 1.82) is 0 Å². The van der Waals surface area contributed by atoms with E-state index in [1.165, 1.54) is 25.9 Å². The van der Waals surface area contributed by atoms with E-state index >= 15 is 0 Å². The topological polar surface area (TPSA) is 35.6 Å². The smallest absolute Gasteiger partial charge is 0.321 e. The van der Waals surface area contributed by atoms with Gasteiger partial charge in [-0.1, -0.05) is 0 Å². The molecule has 1 N–H and O–H groups in total. The first-order valence-electron chi connectivity index (χ1n) is 6.65. The lowest BCUT2D eigenvalue weighted by Crippen LogP contribution is -2.38. The van der Waals surface area contributed by atoms with Crippen LogP contribution in [0.3, 0.4) is 0 Å². The van der Waals surface area contributed by atoms with Crippen molar-refractivity contribution >= 4 is 23.1 Å². The maximum absolute atomic E-state index is 12.1. The van der Waals surface area contributed by atoms with Crippen molar-refractivity contribution in [2.75, 3.05) is 31.5 Å². The lowest BCUT2D eigenvalue weighted by atomic mass is 10.2. The summed E-state index contributed by atoms with van der Waals surface area (Å²) >= 11 is 1.60. The Balaban J connectivity index is 1.53. The van der Waals surface area contributed by atoms with Crippen LogP contribution < -0.4 is 5.32 Å². The first kappa shape index (κ1) is 12.0. The Kier molecular flexibility index (Phi) is 3.52. The summed E-state index contributed by atoms with van der Waals surface area (Å²) in [7, 11) is 0. The van der Waals surface area contributed by atoms with Gasteiger partial charge in [0, 0.05) is 24.5 Å². The van der Waals surface area contributed by atoms with Crippen LogP contribution in [0.4, 0.5) is 10.5 Å². The van der Waals surface area contributed by atoms with Gasteiger partial charge in [0.1, 0.15) is 0 Å². The van der Waals surface area contributed by atoms with Crippen molar-refractivity contribution in [3.63, 3.8) is 0 Å². The molecule has 0 radical (unpaired) electrons. The van der Waals surface area contributed by atoms with Gasteiger partial charge in [0.15, 0.2) is 0 Å². The van der Waals surface area contributed by atoms with Crippen molar-refractivity contribution < 1.29 is 4.79 Å². The van der Waals surface area contributed by atoms with E-state index in [2.05, 4.69) is 10.2 Å². The van der Waals surface area contributed by atoms with Gasteiger partial charge in [-0.3, -0.25) is 4.90 Å². The molecule has 1 atom stereocenters. The zero-order valence-electron chi connectivity index (χ0n) is 10.5. The third-order valence-corrected chi connectivity index (χ3v) is 4.56. The molecule has 0 saturated carbocycles. The van der Waals surface area contributed by atoms with Crippen molar-refractivity contribution in [3.8, 4) is 0 Å². The maximum atomic E-state index is 12.1. The molecule has 2 aliphatic heterocycles. The van der Waals surface area contributed by atoms with E-state index in [-0.39, 0.29) is 6.03 Å². The standard InChI is InChI=1S/C13H19N3OS/c17-13(14-11-4-8-18-10-11)16-7-3-12(9-16)15-5-1-2-6-15/h4,8,10,12H,1-3,5-7,9H2,(H,14,17). The predicted molar refractivity (Wildman–Crippen MR) is 74.1 cm³/mol. The van der Waals surface area contributed by atoms with Gasteiger partial charge in [-0.25, -0.2) is 4.79 Å². The van der Waals surface area contributed by atoms with Gasteiger partial charge in [0.2, 0.25) is 0 Å². The van der Waals surface area contributed by atoms with Gasteiger partial charge >= 0.3 is 6.03 Å². The van der Waals surface area contributed by atoms with Gasteiger partial charge in [0.25, 0.3) is 0 Å². The van der Waals surface area contributed by atoms with Crippen LogP contribution in [0.25, 0.3) is 0 Å².